The highest BCUT2D eigenvalue weighted by molar-refractivity contribution is 5.93. The maximum atomic E-state index is 12.4. The number of nitrogens with one attached hydrogen (secondary N) is 1. The van der Waals surface area contributed by atoms with Crippen molar-refractivity contribution < 1.29 is 14.3 Å². The normalized spacial score (nSPS) is 29.6. The topological polar surface area (TPSA) is 107 Å². The first-order valence-electron chi connectivity index (χ1n) is 7.08. The zero-order chi connectivity index (χ0) is 15.7. The van der Waals surface area contributed by atoms with Crippen molar-refractivity contribution in [2.45, 2.75) is 58.7 Å². The van der Waals surface area contributed by atoms with Gasteiger partial charge in [-0.1, -0.05) is 27.7 Å². The van der Waals surface area contributed by atoms with Gasteiger partial charge in [0.25, 0.3) is 0 Å². The van der Waals surface area contributed by atoms with Crippen LogP contribution < -0.4 is 16.8 Å². The highest BCUT2D eigenvalue weighted by Crippen LogP contribution is 2.49. The third-order valence-electron chi connectivity index (χ3n) is 4.49. The van der Waals surface area contributed by atoms with Crippen LogP contribution in [0, 0.1) is 11.3 Å². The van der Waals surface area contributed by atoms with E-state index in [1.807, 2.05) is 34.6 Å². The van der Waals surface area contributed by atoms with Crippen molar-refractivity contribution in [3.8, 4) is 0 Å². The summed E-state index contributed by atoms with van der Waals surface area (Å²) in [5.74, 6) is -0.961. The smallest absolute Gasteiger partial charge is 0.241 e. The van der Waals surface area contributed by atoms with Crippen molar-refractivity contribution in [2.24, 2.45) is 22.8 Å². The lowest BCUT2D eigenvalue weighted by molar-refractivity contribution is -0.171. The van der Waals surface area contributed by atoms with Crippen molar-refractivity contribution in [3.63, 3.8) is 0 Å². The van der Waals surface area contributed by atoms with Crippen LogP contribution in [-0.2, 0) is 14.3 Å². The summed E-state index contributed by atoms with van der Waals surface area (Å²) in [6.45, 7) is 9.97. The van der Waals surface area contributed by atoms with Gasteiger partial charge in [-0.05, 0) is 12.8 Å². The maximum absolute atomic E-state index is 12.4. The van der Waals surface area contributed by atoms with Crippen LogP contribution in [-0.4, -0.2) is 36.1 Å². The van der Waals surface area contributed by atoms with E-state index in [0.29, 0.717) is 13.0 Å². The van der Waals surface area contributed by atoms with E-state index in [1.54, 1.807) is 0 Å². The summed E-state index contributed by atoms with van der Waals surface area (Å²) in [6, 6.07) is -0.704. The molecule has 5 N–H and O–H groups in total. The molecule has 1 rings (SSSR count). The van der Waals surface area contributed by atoms with Gasteiger partial charge in [0.2, 0.25) is 11.8 Å². The number of carbonyl (C=O) groups excluding carboxylic acids is 2. The van der Waals surface area contributed by atoms with Crippen molar-refractivity contribution in [1.82, 2.24) is 5.32 Å². The van der Waals surface area contributed by atoms with E-state index in [9.17, 15) is 9.59 Å². The summed E-state index contributed by atoms with van der Waals surface area (Å²) < 4.78 is 5.59. The minimum absolute atomic E-state index is 0.0469. The Morgan fingerprint density at radius 3 is 2.30 bits per heavy atom. The van der Waals surface area contributed by atoms with Crippen molar-refractivity contribution in [1.29, 1.82) is 0 Å². The van der Waals surface area contributed by atoms with Crippen LogP contribution in [0.15, 0.2) is 0 Å². The molecule has 0 aromatic rings. The molecular weight excluding hydrogens is 258 g/mol. The van der Waals surface area contributed by atoms with E-state index in [1.165, 1.54) is 0 Å². The molecule has 1 aliphatic carbocycles. The maximum Gasteiger partial charge on any atom is 0.241 e. The van der Waals surface area contributed by atoms with Crippen molar-refractivity contribution in [2.75, 3.05) is 6.61 Å². The van der Waals surface area contributed by atoms with E-state index in [2.05, 4.69) is 5.32 Å². The van der Waals surface area contributed by atoms with Crippen molar-refractivity contribution >= 4 is 11.8 Å². The van der Waals surface area contributed by atoms with Crippen LogP contribution in [0.25, 0.3) is 0 Å². The summed E-state index contributed by atoms with van der Waals surface area (Å²) in [6.07, 6.45) is 0.401. The fourth-order valence-electron chi connectivity index (χ4n) is 2.66. The molecule has 0 radical (unpaired) electrons. The zero-order valence-corrected chi connectivity index (χ0v) is 13.0. The fraction of sp³-hybridized carbons (Fsp3) is 0.857. The molecule has 116 valence electrons. The zero-order valence-electron chi connectivity index (χ0n) is 13.0. The second kappa shape index (κ2) is 5.69. The second-order valence-electron chi connectivity index (χ2n) is 6.44. The highest BCUT2D eigenvalue weighted by atomic mass is 16.5. The number of rotatable bonds is 6. The van der Waals surface area contributed by atoms with Gasteiger partial charge in [-0.25, -0.2) is 0 Å². The summed E-state index contributed by atoms with van der Waals surface area (Å²) >= 11 is 0. The molecule has 1 saturated carbocycles. The van der Waals surface area contributed by atoms with Gasteiger partial charge >= 0.3 is 0 Å². The number of amides is 2. The number of carbonyl (C=O) groups is 2. The standard InChI is InChI=1S/C14H27N3O3/c1-6-20-9-7-14(16,13(9,4)5)12(19)17-10(8(2)3)11(15)18/h8-10H,6-7,16H2,1-5H3,(H2,15,18)(H,17,19). The van der Waals surface area contributed by atoms with E-state index in [4.69, 9.17) is 16.2 Å². The Kier molecular flexibility index (Phi) is 4.82. The molecule has 1 fully saturated rings. The SMILES string of the molecule is CCOC1CC(N)(C(=O)NC(C(N)=O)C(C)C)C1(C)C. The molecule has 2 amide bonds. The third kappa shape index (κ3) is 2.67. The number of hydrogen-bond acceptors (Lipinski definition) is 4. The van der Waals surface area contributed by atoms with Crippen LogP contribution >= 0.6 is 0 Å². The molecule has 6 heteroatoms. The predicted octanol–water partition coefficient (Wildman–Crippen LogP) is 0.145. The molecule has 1 aliphatic rings. The van der Waals surface area contributed by atoms with Crippen LogP contribution in [0.4, 0.5) is 0 Å². The van der Waals surface area contributed by atoms with Gasteiger partial charge in [0, 0.05) is 18.4 Å². The van der Waals surface area contributed by atoms with E-state index >= 15 is 0 Å². The molecule has 0 spiro atoms. The molecule has 0 bridgehead atoms. The van der Waals surface area contributed by atoms with Gasteiger partial charge in [0.15, 0.2) is 0 Å². The Morgan fingerprint density at radius 2 is 1.95 bits per heavy atom. The average molecular weight is 285 g/mol. The minimum atomic E-state index is -1.03. The Bertz CT molecular complexity index is 395. The first-order valence-corrected chi connectivity index (χ1v) is 7.08. The average Bonchev–Trinajstić information content (AvgIpc) is 2.34. The summed E-state index contributed by atoms with van der Waals surface area (Å²) in [5, 5.41) is 2.68. The number of nitrogens with two attached hydrogens (primary N) is 2. The molecular formula is C14H27N3O3. The molecule has 0 aromatic heterocycles. The Balaban J connectivity index is 2.80. The third-order valence-corrected chi connectivity index (χ3v) is 4.49. The summed E-state index contributed by atoms with van der Waals surface area (Å²) in [7, 11) is 0. The highest BCUT2D eigenvalue weighted by Gasteiger charge is 2.63. The molecule has 20 heavy (non-hydrogen) atoms. The van der Waals surface area contributed by atoms with Crippen LogP contribution in [0.3, 0.4) is 0 Å². The Hall–Kier alpha value is -1.14. The quantitative estimate of drug-likeness (QED) is 0.645. The van der Waals surface area contributed by atoms with E-state index in [0.717, 1.165) is 0 Å². The van der Waals surface area contributed by atoms with Crippen LogP contribution in [0.1, 0.15) is 41.0 Å². The van der Waals surface area contributed by atoms with E-state index < -0.39 is 22.9 Å². The van der Waals surface area contributed by atoms with E-state index in [-0.39, 0.29) is 17.9 Å². The molecule has 6 nitrogen and oxygen atoms in total. The fourth-order valence-corrected chi connectivity index (χ4v) is 2.66. The predicted molar refractivity (Wildman–Crippen MR) is 76.7 cm³/mol. The molecule has 0 aromatic carbocycles. The second-order valence-corrected chi connectivity index (χ2v) is 6.44. The number of hydrogen-bond donors (Lipinski definition) is 3. The molecule has 0 aliphatic heterocycles. The van der Waals surface area contributed by atoms with Gasteiger partial charge in [-0.15, -0.1) is 0 Å². The van der Waals surface area contributed by atoms with Gasteiger partial charge < -0.3 is 21.5 Å². The first-order chi connectivity index (χ1) is 9.07. The minimum Gasteiger partial charge on any atom is -0.378 e. The lowest BCUT2D eigenvalue weighted by atomic mass is 9.54. The van der Waals surface area contributed by atoms with Crippen LogP contribution in [0.2, 0.25) is 0 Å². The number of ether oxygens (including phenoxy) is 1. The van der Waals surface area contributed by atoms with Crippen molar-refractivity contribution in [3.05, 3.63) is 0 Å². The van der Waals surface area contributed by atoms with Crippen LogP contribution in [0.5, 0.6) is 0 Å². The lowest BCUT2D eigenvalue weighted by Gasteiger charge is -2.57. The van der Waals surface area contributed by atoms with Gasteiger partial charge in [-0.2, -0.15) is 0 Å². The monoisotopic (exact) mass is 285 g/mol. The molecule has 0 heterocycles. The molecule has 0 saturated heterocycles. The van der Waals surface area contributed by atoms with Gasteiger partial charge in [0.1, 0.15) is 11.6 Å². The first kappa shape index (κ1) is 16.9. The largest absolute Gasteiger partial charge is 0.378 e. The molecule has 3 atom stereocenters. The Labute approximate surface area is 120 Å². The van der Waals surface area contributed by atoms with Gasteiger partial charge in [0.05, 0.1) is 6.10 Å². The summed E-state index contributed by atoms with van der Waals surface area (Å²) in [5.41, 5.74) is 10.0. The van der Waals surface area contributed by atoms with Gasteiger partial charge in [-0.3, -0.25) is 9.59 Å². The number of primary amides is 1. The lowest BCUT2D eigenvalue weighted by Crippen LogP contribution is -2.76. The molecule has 3 unspecified atom stereocenters. The summed E-state index contributed by atoms with van der Waals surface area (Å²) in [4.78, 5) is 23.8. The Morgan fingerprint density at radius 1 is 1.40 bits per heavy atom.